The first kappa shape index (κ1) is 14.0. The quantitative estimate of drug-likeness (QED) is 0.766. The van der Waals surface area contributed by atoms with Crippen molar-refractivity contribution in [1.29, 1.82) is 0 Å². The van der Waals surface area contributed by atoms with Crippen LogP contribution in [0.2, 0.25) is 0 Å². The molecule has 1 fully saturated rings. The fraction of sp³-hybridized carbons (Fsp3) is 0.786. The van der Waals surface area contributed by atoms with Crippen LogP contribution in [0.15, 0.2) is 9.98 Å². The molecular weight excluding hydrogens is 244 g/mol. The molecule has 0 aromatic rings. The average Bonchev–Trinajstić information content (AvgIpc) is 2.83. The van der Waals surface area contributed by atoms with E-state index in [1.54, 1.807) is 14.2 Å². The Hall–Kier alpha value is -1.39. The van der Waals surface area contributed by atoms with Gasteiger partial charge >= 0.3 is 0 Å². The Labute approximate surface area is 114 Å². The van der Waals surface area contributed by atoms with Crippen LogP contribution in [0.3, 0.4) is 0 Å². The van der Waals surface area contributed by atoms with Crippen LogP contribution in [-0.2, 0) is 14.3 Å². The number of carbonyl (C=O) groups is 1. The number of ketones is 1. The molecule has 0 bridgehead atoms. The molecule has 0 aromatic carbocycles. The van der Waals surface area contributed by atoms with E-state index in [2.05, 4.69) is 23.8 Å². The van der Waals surface area contributed by atoms with E-state index in [1.165, 1.54) is 0 Å². The molecule has 3 atom stereocenters. The van der Waals surface area contributed by atoms with Gasteiger partial charge in [-0.25, -0.2) is 9.98 Å². The number of hydrogen-bond acceptors (Lipinski definition) is 5. The lowest BCUT2D eigenvalue weighted by Crippen LogP contribution is -2.40. The highest BCUT2D eigenvalue weighted by Gasteiger charge is 2.38. The van der Waals surface area contributed by atoms with Crippen LogP contribution in [0.1, 0.15) is 33.1 Å². The molecule has 0 unspecified atom stereocenters. The Morgan fingerprint density at radius 3 is 2.32 bits per heavy atom. The molecule has 2 rings (SSSR count). The number of Topliss-reactive ketones (excluding diaryl/α,β-unsaturated/α-hetero) is 1. The lowest BCUT2D eigenvalue weighted by Gasteiger charge is -2.29. The fourth-order valence-electron chi connectivity index (χ4n) is 2.74. The first-order chi connectivity index (χ1) is 9.06. The summed E-state index contributed by atoms with van der Waals surface area (Å²) >= 11 is 0. The summed E-state index contributed by atoms with van der Waals surface area (Å²) in [5.74, 6) is 2.10. The molecule has 5 nitrogen and oxygen atoms in total. The van der Waals surface area contributed by atoms with Crippen molar-refractivity contribution < 1.29 is 14.3 Å². The number of methoxy groups -OCH3 is 2. The van der Waals surface area contributed by atoms with Gasteiger partial charge in [0.2, 0.25) is 11.8 Å². The smallest absolute Gasteiger partial charge is 0.209 e. The van der Waals surface area contributed by atoms with E-state index in [-0.39, 0.29) is 18.0 Å². The lowest BCUT2D eigenvalue weighted by molar-refractivity contribution is -0.117. The molecule has 106 valence electrons. The third-order valence-corrected chi connectivity index (χ3v) is 3.82. The Bertz CT molecular complexity index is 415. The van der Waals surface area contributed by atoms with Crippen molar-refractivity contribution in [1.82, 2.24) is 0 Å². The summed E-state index contributed by atoms with van der Waals surface area (Å²) in [5.41, 5.74) is 0. The predicted molar refractivity (Wildman–Crippen MR) is 73.7 cm³/mol. The SMILES string of the molecule is COC1=N[C@H](C(C)C)C(OC)=N[C@H]1[C@H]1CCC(=O)C1. The summed E-state index contributed by atoms with van der Waals surface area (Å²) in [6, 6.07) is -0.255. The molecule has 0 saturated heterocycles. The van der Waals surface area contributed by atoms with Crippen LogP contribution < -0.4 is 0 Å². The second kappa shape index (κ2) is 5.72. The van der Waals surface area contributed by atoms with Crippen LogP contribution in [-0.4, -0.2) is 43.9 Å². The van der Waals surface area contributed by atoms with Gasteiger partial charge in [-0.15, -0.1) is 0 Å². The zero-order chi connectivity index (χ0) is 14.0. The van der Waals surface area contributed by atoms with Crippen molar-refractivity contribution in [2.24, 2.45) is 21.8 Å². The van der Waals surface area contributed by atoms with E-state index in [9.17, 15) is 4.79 Å². The van der Waals surface area contributed by atoms with Gasteiger partial charge in [-0.2, -0.15) is 0 Å². The van der Waals surface area contributed by atoms with Crippen molar-refractivity contribution in [2.75, 3.05) is 14.2 Å². The molecule has 0 amide bonds. The first-order valence-corrected chi connectivity index (χ1v) is 6.81. The second-order valence-corrected chi connectivity index (χ2v) is 5.52. The van der Waals surface area contributed by atoms with Gasteiger partial charge in [-0.3, -0.25) is 4.79 Å². The summed E-state index contributed by atoms with van der Waals surface area (Å²) in [6.07, 6.45) is 2.07. The second-order valence-electron chi connectivity index (χ2n) is 5.52. The zero-order valence-corrected chi connectivity index (χ0v) is 12.0. The molecule has 2 aliphatic rings. The largest absolute Gasteiger partial charge is 0.483 e. The van der Waals surface area contributed by atoms with Crippen molar-refractivity contribution in [2.45, 2.75) is 45.2 Å². The van der Waals surface area contributed by atoms with Gasteiger partial charge in [0.15, 0.2) is 0 Å². The van der Waals surface area contributed by atoms with Gasteiger partial charge in [0.1, 0.15) is 17.9 Å². The predicted octanol–water partition coefficient (Wildman–Crippen LogP) is 1.85. The maximum absolute atomic E-state index is 11.5. The Kier molecular flexibility index (Phi) is 4.22. The van der Waals surface area contributed by atoms with Gasteiger partial charge in [-0.1, -0.05) is 13.8 Å². The third kappa shape index (κ3) is 2.80. The van der Waals surface area contributed by atoms with E-state index >= 15 is 0 Å². The Morgan fingerprint density at radius 1 is 1.16 bits per heavy atom. The van der Waals surface area contributed by atoms with E-state index < -0.39 is 0 Å². The van der Waals surface area contributed by atoms with E-state index in [4.69, 9.17) is 9.47 Å². The molecule has 1 saturated carbocycles. The molecule has 0 N–H and O–H groups in total. The van der Waals surface area contributed by atoms with Gasteiger partial charge in [0.05, 0.1) is 14.2 Å². The minimum atomic E-state index is -0.165. The number of ether oxygens (including phenoxy) is 2. The molecular formula is C14H22N2O3. The summed E-state index contributed by atoms with van der Waals surface area (Å²) < 4.78 is 10.8. The van der Waals surface area contributed by atoms with Gasteiger partial charge in [0.25, 0.3) is 0 Å². The Balaban J connectivity index is 2.25. The van der Waals surface area contributed by atoms with Gasteiger partial charge in [0, 0.05) is 12.8 Å². The normalized spacial score (nSPS) is 31.2. The highest BCUT2D eigenvalue weighted by Crippen LogP contribution is 2.31. The number of aliphatic imine (C=N–C) groups is 2. The third-order valence-electron chi connectivity index (χ3n) is 3.82. The average molecular weight is 266 g/mol. The van der Waals surface area contributed by atoms with E-state index in [1.807, 2.05) is 0 Å². The molecule has 0 radical (unpaired) electrons. The summed E-state index contributed by atoms with van der Waals surface area (Å²) in [5, 5.41) is 0. The van der Waals surface area contributed by atoms with Crippen molar-refractivity contribution in [3.05, 3.63) is 0 Å². The van der Waals surface area contributed by atoms with E-state index in [0.29, 0.717) is 36.3 Å². The molecule has 0 spiro atoms. The molecule has 0 aromatic heterocycles. The number of carbonyl (C=O) groups excluding carboxylic acids is 1. The minimum absolute atomic E-state index is 0.0895. The summed E-state index contributed by atoms with van der Waals surface area (Å²) in [7, 11) is 3.24. The van der Waals surface area contributed by atoms with Gasteiger partial charge < -0.3 is 9.47 Å². The summed E-state index contributed by atoms with van der Waals surface area (Å²) in [6.45, 7) is 4.16. The van der Waals surface area contributed by atoms with Gasteiger partial charge in [-0.05, 0) is 18.3 Å². The molecule has 5 heteroatoms. The maximum Gasteiger partial charge on any atom is 0.209 e. The zero-order valence-electron chi connectivity index (χ0n) is 12.0. The number of rotatable bonds is 2. The minimum Gasteiger partial charge on any atom is -0.483 e. The van der Waals surface area contributed by atoms with Crippen LogP contribution in [0, 0.1) is 11.8 Å². The monoisotopic (exact) mass is 266 g/mol. The highest BCUT2D eigenvalue weighted by molar-refractivity contribution is 5.95. The molecule has 1 aliphatic heterocycles. The van der Waals surface area contributed by atoms with Crippen LogP contribution in [0.4, 0.5) is 0 Å². The van der Waals surface area contributed by atoms with E-state index in [0.717, 1.165) is 6.42 Å². The Morgan fingerprint density at radius 2 is 1.84 bits per heavy atom. The van der Waals surface area contributed by atoms with Crippen LogP contribution >= 0.6 is 0 Å². The molecule has 19 heavy (non-hydrogen) atoms. The maximum atomic E-state index is 11.5. The lowest BCUT2D eigenvalue weighted by atomic mass is 9.95. The highest BCUT2D eigenvalue weighted by atomic mass is 16.5. The molecule has 1 aliphatic carbocycles. The van der Waals surface area contributed by atoms with Crippen molar-refractivity contribution in [3.8, 4) is 0 Å². The topological polar surface area (TPSA) is 60.2 Å². The van der Waals surface area contributed by atoms with Crippen molar-refractivity contribution >= 4 is 17.6 Å². The first-order valence-electron chi connectivity index (χ1n) is 6.81. The summed E-state index contributed by atoms with van der Waals surface area (Å²) in [4.78, 5) is 20.7. The standard InChI is InChI=1S/C14H22N2O3/c1-8(2)11-13(18-3)16-12(14(15-11)19-4)9-5-6-10(17)7-9/h8-9,11-12H,5-7H2,1-4H3/t9-,11+,12-/m0/s1. The van der Waals surface area contributed by atoms with Crippen molar-refractivity contribution in [3.63, 3.8) is 0 Å². The van der Waals surface area contributed by atoms with Crippen LogP contribution in [0.25, 0.3) is 0 Å². The number of hydrogen-bond donors (Lipinski definition) is 0. The van der Waals surface area contributed by atoms with Crippen LogP contribution in [0.5, 0.6) is 0 Å². The number of nitrogens with zero attached hydrogens (tertiary/aromatic N) is 2. The fourth-order valence-corrected chi connectivity index (χ4v) is 2.74. The molecule has 1 heterocycles.